The van der Waals surface area contributed by atoms with Gasteiger partial charge in [0, 0.05) is 12.2 Å². The lowest BCUT2D eigenvalue weighted by Crippen LogP contribution is -2.49. The molecular formula is C26H27N3O8. The van der Waals surface area contributed by atoms with Crippen LogP contribution in [0, 0.1) is 0 Å². The average molecular weight is 510 g/mol. The molecule has 3 aromatic rings. The number of hydrogen-bond acceptors (Lipinski definition) is 8. The lowest BCUT2D eigenvalue weighted by Gasteiger charge is -2.15. The van der Waals surface area contributed by atoms with Crippen LogP contribution >= 0.6 is 0 Å². The van der Waals surface area contributed by atoms with E-state index in [9.17, 15) is 24.0 Å². The first-order valence-corrected chi connectivity index (χ1v) is 11.3. The number of nitrogens with one attached hydrogen (secondary N) is 1. The third-order valence-corrected chi connectivity index (χ3v) is 5.67. The molecule has 1 heterocycles. The van der Waals surface area contributed by atoms with Crippen LogP contribution in [0.15, 0.2) is 48.5 Å². The van der Waals surface area contributed by atoms with E-state index in [4.69, 9.17) is 10.5 Å². The molecule has 11 nitrogen and oxygen atoms in total. The minimum Gasteiger partial charge on any atom is -0.483 e. The number of nitrogens with zero attached hydrogens (tertiary/aromatic N) is 1. The van der Waals surface area contributed by atoms with Crippen molar-refractivity contribution in [1.29, 1.82) is 0 Å². The topological polar surface area (TPSA) is 156 Å². The van der Waals surface area contributed by atoms with Crippen molar-refractivity contribution in [2.75, 3.05) is 20.8 Å². The van der Waals surface area contributed by atoms with Crippen molar-refractivity contribution in [3.63, 3.8) is 0 Å². The highest BCUT2D eigenvalue weighted by molar-refractivity contribution is 6.45. The summed E-state index contributed by atoms with van der Waals surface area (Å²) in [7, 11) is 2.12. The Hall–Kier alpha value is -4.67. The fraction of sp³-hybridized carbons (Fsp3) is 0.269. The minimum atomic E-state index is -1.67. The molecule has 0 fully saturated rings. The van der Waals surface area contributed by atoms with E-state index in [1.54, 1.807) is 12.1 Å². The summed E-state index contributed by atoms with van der Waals surface area (Å²) in [5.74, 6) is -4.71. The summed E-state index contributed by atoms with van der Waals surface area (Å²) >= 11 is 0. The maximum atomic E-state index is 12.9. The quantitative estimate of drug-likeness (QED) is 0.169. The van der Waals surface area contributed by atoms with Gasteiger partial charge in [0.2, 0.25) is 6.04 Å². The summed E-state index contributed by atoms with van der Waals surface area (Å²) in [6.45, 7) is 1.65. The van der Waals surface area contributed by atoms with E-state index in [-0.39, 0.29) is 11.3 Å². The molecule has 0 aliphatic rings. The van der Waals surface area contributed by atoms with Crippen LogP contribution in [0.3, 0.4) is 0 Å². The van der Waals surface area contributed by atoms with Gasteiger partial charge in [-0.15, -0.1) is 0 Å². The third kappa shape index (κ3) is 5.77. The number of methoxy groups -OCH3 is 2. The van der Waals surface area contributed by atoms with Gasteiger partial charge >= 0.3 is 11.9 Å². The molecular weight excluding hydrogens is 482 g/mol. The number of hydrogen-bond donors (Lipinski definition) is 2. The lowest BCUT2D eigenvalue weighted by molar-refractivity contribution is -0.157. The number of esters is 2. The van der Waals surface area contributed by atoms with Crippen molar-refractivity contribution in [3.05, 3.63) is 65.4 Å². The molecule has 3 N–H and O–H groups in total. The Morgan fingerprint density at radius 2 is 1.59 bits per heavy atom. The molecule has 0 bridgehead atoms. The zero-order chi connectivity index (χ0) is 27.1. The first kappa shape index (κ1) is 26.9. The second-order valence-corrected chi connectivity index (χ2v) is 7.93. The number of benzene rings is 2. The molecule has 0 saturated carbocycles. The van der Waals surface area contributed by atoms with Gasteiger partial charge in [-0.25, -0.2) is 9.59 Å². The van der Waals surface area contributed by atoms with Crippen molar-refractivity contribution >= 4 is 40.4 Å². The second kappa shape index (κ2) is 11.8. The first-order chi connectivity index (χ1) is 17.7. The molecule has 0 aliphatic heterocycles. The van der Waals surface area contributed by atoms with Crippen molar-refractivity contribution in [1.82, 2.24) is 9.88 Å². The van der Waals surface area contributed by atoms with Gasteiger partial charge in [-0.3, -0.25) is 14.4 Å². The number of ketones is 1. The van der Waals surface area contributed by atoms with Gasteiger partial charge in [0.25, 0.3) is 17.6 Å². The van der Waals surface area contributed by atoms with Gasteiger partial charge in [-0.05, 0) is 24.1 Å². The molecule has 0 atom stereocenters. The molecule has 1 aromatic heterocycles. The molecule has 0 saturated heterocycles. The van der Waals surface area contributed by atoms with Gasteiger partial charge < -0.3 is 29.8 Å². The Labute approximate surface area is 212 Å². The lowest BCUT2D eigenvalue weighted by atomic mass is 10.0. The Morgan fingerprint density at radius 1 is 0.946 bits per heavy atom. The molecule has 11 heteroatoms. The van der Waals surface area contributed by atoms with Gasteiger partial charge in [-0.1, -0.05) is 43.3 Å². The van der Waals surface area contributed by atoms with Crippen molar-refractivity contribution in [2.45, 2.75) is 25.9 Å². The van der Waals surface area contributed by atoms with Crippen molar-refractivity contribution in [3.8, 4) is 5.75 Å². The van der Waals surface area contributed by atoms with E-state index in [2.05, 4.69) is 14.8 Å². The zero-order valence-corrected chi connectivity index (χ0v) is 20.6. The monoisotopic (exact) mass is 509 g/mol. The van der Waals surface area contributed by atoms with Crippen molar-refractivity contribution < 1.29 is 38.2 Å². The van der Waals surface area contributed by atoms with E-state index in [1.807, 2.05) is 41.8 Å². The summed E-state index contributed by atoms with van der Waals surface area (Å²) in [6, 6.07) is 12.9. The molecule has 3 rings (SSSR count). The standard InChI is InChI=1S/C26H27N3O8/c1-4-16-21(23(31)24(27)32)20-17(29(16)13-15-9-6-5-7-10-15)11-8-12-18(20)37-14-19(30)28-22(25(33)35-2)26(34)36-3/h5-12,22H,4,13-14H2,1-3H3,(H2,27,32)(H,28,30). The van der Waals surface area contributed by atoms with E-state index in [0.29, 0.717) is 29.6 Å². The highest BCUT2D eigenvalue weighted by atomic mass is 16.5. The maximum Gasteiger partial charge on any atom is 0.340 e. The van der Waals surface area contributed by atoms with Crippen LogP contribution in [-0.2, 0) is 41.6 Å². The average Bonchev–Trinajstić information content (AvgIpc) is 3.23. The fourth-order valence-electron chi connectivity index (χ4n) is 4.02. The number of aromatic nitrogens is 1. The highest BCUT2D eigenvalue weighted by Gasteiger charge is 2.31. The molecule has 2 amide bonds. The molecule has 0 unspecified atom stereocenters. The molecule has 0 spiro atoms. The van der Waals surface area contributed by atoms with Crippen LogP contribution < -0.4 is 15.8 Å². The maximum absolute atomic E-state index is 12.9. The Bertz CT molecular complexity index is 1330. The second-order valence-electron chi connectivity index (χ2n) is 7.93. The summed E-state index contributed by atoms with van der Waals surface area (Å²) in [5.41, 5.74) is 7.61. The number of Topliss-reactive ketones (excluding diaryl/α,β-unsaturated/α-hetero) is 1. The molecule has 37 heavy (non-hydrogen) atoms. The number of rotatable bonds is 11. The van der Waals surface area contributed by atoms with Gasteiger partial charge in [-0.2, -0.15) is 0 Å². The molecule has 2 aromatic carbocycles. The van der Waals surface area contributed by atoms with Crippen LogP contribution in [0.5, 0.6) is 5.75 Å². The molecule has 194 valence electrons. The zero-order valence-electron chi connectivity index (χ0n) is 20.6. The van der Waals surface area contributed by atoms with Gasteiger partial charge in [0.1, 0.15) is 5.75 Å². The van der Waals surface area contributed by atoms with E-state index in [1.165, 1.54) is 6.07 Å². The summed E-state index contributed by atoms with van der Waals surface area (Å²) in [5, 5.41) is 2.52. The number of amides is 2. The van der Waals surface area contributed by atoms with Crippen LogP contribution in [0.4, 0.5) is 0 Å². The largest absolute Gasteiger partial charge is 0.483 e. The predicted molar refractivity (Wildman–Crippen MR) is 132 cm³/mol. The van der Waals surface area contributed by atoms with Crippen LogP contribution in [-0.4, -0.2) is 61.0 Å². The summed E-state index contributed by atoms with van der Waals surface area (Å²) in [6.07, 6.45) is 0.412. The fourth-order valence-corrected chi connectivity index (χ4v) is 4.02. The number of fused-ring (bicyclic) bond motifs is 1. The molecule has 0 aliphatic carbocycles. The third-order valence-electron chi connectivity index (χ3n) is 5.67. The van der Waals surface area contributed by atoms with Crippen LogP contribution in [0.25, 0.3) is 10.9 Å². The summed E-state index contributed by atoms with van der Waals surface area (Å²) in [4.78, 5) is 61.0. The Morgan fingerprint density at radius 3 is 2.16 bits per heavy atom. The number of ether oxygens (including phenoxy) is 3. The Kier molecular flexibility index (Phi) is 8.62. The number of carbonyl (C=O) groups excluding carboxylic acids is 5. The van der Waals surface area contributed by atoms with Gasteiger partial charge in [0.15, 0.2) is 6.61 Å². The van der Waals surface area contributed by atoms with Crippen molar-refractivity contribution in [2.24, 2.45) is 5.73 Å². The van der Waals surface area contributed by atoms with E-state index in [0.717, 1.165) is 19.8 Å². The van der Waals surface area contributed by atoms with E-state index >= 15 is 0 Å². The first-order valence-electron chi connectivity index (χ1n) is 11.3. The number of primary amides is 1. The normalized spacial score (nSPS) is 10.7. The smallest absolute Gasteiger partial charge is 0.340 e. The molecule has 0 radical (unpaired) electrons. The Balaban J connectivity index is 2.02. The van der Waals surface area contributed by atoms with Gasteiger partial charge in [0.05, 0.1) is 30.7 Å². The predicted octanol–water partition coefficient (Wildman–Crippen LogP) is 1.13. The SMILES string of the molecule is CCc1c(C(=O)C(N)=O)c2c(OCC(=O)NC(C(=O)OC)C(=O)OC)cccc2n1Cc1ccccc1. The van der Waals surface area contributed by atoms with Crippen LogP contribution in [0.1, 0.15) is 28.5 Å². The highest BCUT2D eigenvalue weighted by Crippen LogP contribution is 2.35. The number of carbonyl (C=O) groups is 5. The van der Waals surface area contributed by atoms with E-state index < -0.39 is 42.2 Å². The summed E-state index contributed by atoms with van der Waals surface area (Å²) < 4.78 is 16.6. The number of nitrogens with two attached hydrogens (primary N) is 1. The van der Waals surface area contributed by atoms with Crippen LogP contribution in [0.2, 0.25) is 0 Å². The minimum absolute atomic E-state index is 0.0962.